The molecule has 0 bridgehead atoms. The third-order valence-electron chi connectivity index (χ3n) is 6.64. The molecule has 5 aromatic carbocycles. The van der Waals surface area contributed by atoms with Gasteiger partial charge in [0.2, 0.25) is 0 Å². The zero-order valence-electron chi connectivity index (χ0n) is 35.6. The normalized spacial score (nSPS) is 18.9. The fourth-order valence-electron chi connectivity index (χ4n) is 5.17. The van der Waals surface area contributed by atoms with Crippen molar-refractivity contribution in [2.24, 2.45) is 0 Å². The summed E-state index contributed by atoms with van der Waals surface area (Å²) >= 11 is 0. The molecule has 0 aromatic heterocycles. The lowest BCUT2D eigenvalue weighted by Crippen LogP contribution is -2.61. The monoisotopic (exact) mass is 491 g/mol. The third kappa shape index (κ3) is 3.34. The Morgan fingerprint density at radius 2 is 1.19 bits per heavy atom. The Morgan fingerprint density at radius 1 is 0.541 bits per heavy atom. The lowest BCUT2D eigenvalue weighted by molar-refractivity contribution is 1.23. The molecule has 37 heavy (non-hydrogen) atoms. The van der Waals surface area contributed by atoms with Gasteiger partial charge in [0, 0.05) is 34.1 Å². The number of para-hydroxylation sites is 1. The molecule has 0 saturated carbocycles. The van der Waals surface area contributed by atoms with Crippen molar-refractivity contribution in [2.45, 2.75) is 27.7 Å². The standard InChI is InChI=1S/C34H29BN2/c1-22-10-14-27(15-11-22)37-31-17-13-24(3)19-29(31)35-28-18-23(2)12-16-30(28)36(26-8-6-5-7-9-26)32-20-25(4)21-33(37)34(32)35/h5-21H,1-4H3/i5D,6D,7D,8D,9D,10D,11D,12D,13D,14D,15D,17D,18D,20D,21D. The minimum absolute atomic E-state index is 0.0245. The fourth-order valence-corrected chi connectivity index (χ4v) is 5.17. The number of hydrogen-bond acceptors (Lipinski definition) is 2. The molecular formula is C34H29BN2. The van der Waals surface area contributed by atoms with Crippen LogP contribution in [0.1, 0.15) is 42.8 Å². The summed E-state index contributed by atoms with van der Waals surface area (Å²) in [4.78, 5) is 2.51. The number of rotatable bonds is 2. The summed E-state index contributed by atoms with van der Waals surface area (Å²) in [5, 5.41) is 0. The largest absolute Gasteiger partial charge is 0.311 e. The van der Waals surface area contributed by atoms with E-state index in [-0.39, 0.29) is 110 Å². The second-order valence-electron chi connectivity index (χ2n) is 9.26. The van der Waals surface area contributed by atoms with Crippen LogP contribution in [0.15, 0.2) is 103 Å². The Bertz CT molecular complexity index is 2440. The van der Waals surface area contributed by atoms with E-state index >= 15 is 0 Å². The van der Waals surface area contributed by atoms with E-state index in [2.05, 4.69) is 0 Å². The van der Waals surface area contributed by atoms with Crippen LogP contribution in [0.2, 0.25) is 0 Å². The highest BCUT2D eigenvalue weighted by molar-refractivity contribution is 7.00. The molecule has 178 valence electrons. The highest BCUT2D eigenvalue weighted by Crippen LogP contribution is 2.44. The number of hydrogen-bond donors (Lipinski definition) is 0. The Morgan fingerprint density at radius 3 is 1.92 bits per heavy atom. The van der Waals surface area contributed by atoms with Crippen molar-refractivity contribution < 1.29 is 20.6 Å². The minimum Gasteiger partial charge on any atom is -0.311 e. The van der Waals surface area contributed by atoms with Crippen LogP contribution in [-0.4, -0.2) is 6.71 Å². The first kappa shape index (κ1) is 11.4. The van der Waals surface area contributed by atoms with Gasteiger partial charge in [0.15, 0.2) is 0 Å². The number of aryl methyl sites for hydroxylation is 1. The van der Waals surface area contributed by atoms with Crippen molar-refractivity contribution in [3.8, 4) is 0 Å². The fraction of sp³-hybridized carbons (Fsp3) is 0.118. The molecule has 0 radical (unpaired) electrons. The molecule has 2 aliphatic heterocycles. The SMILES string of the molecule is [2H]c1cc2c(c([2H])c1C)B1c3cc(C)c([2H])c([2H])c3N(c3c([2H])c([2H])c(C)c([2H])c3[2H])c3c([2H])c(C)c([2H])c(c31)N2c1c([2H])c([2H])c([2H])c([2H])c1[2H]. The van der Waals surface area contributed by atoms with Gasteiger partial charge in [-0.25, -0.2) is 0 Å². The molecule has 2 aliphatic rings. The van der Waals surface area contributed by atoms with Crippen LogP contribution >= 0.6 is 0 Å². The van der Waals surface area contributed by atoms with Gasteiger partial charge in [-0.2, -0.15) is 0 Å². The molecular weight excluding hydrogens is 447 g/mol. The molecule has 2 nitrogen and oxygen atoms in total. The van der Waals surface area contributed by atoms with E-state index < -0.39 is 49.0 Å². The molecule has 0 fully saturated rings. The Labute approximate surface area is 241 Å². The summed E-state index contributed by atoms with van der Waals surface area (Å²) in [5.74, 6) is 0. The number of benzene rings is 5. The van der Waals surface area contributed by atoms with Crippen LogP contribution in [0, 0.1) is 27.7 Å². The second-order valence-corrected chi connectivity index (χ2v) is 9.26. The number of anilines is 6. The van der Waals surface area contributed by atoms with E-state index in [1.54, 1.807) is 19.9 Å². The van der Waals surface area contributed by atoms with E-state index in [4.69, 9.17) is 15.1 Å². The van der Waals surface area contributed by atoms with Gasteiger partial charge in [-0.05, 0) is 98.0 Å². The first-order valence-corrected chi connectivity index (χ1v) is 11.9. The Hall–Kier alpha value is -4.24. The van der Waals surface area contributed by atoms with Crippen LogP contribution in [0.25, 0.3) is 0 Å². The predicted molar refractivity (Wildman–Crippen MR) is 159 cm³/mol. The minimum atomic E-state index is -1.07. The highest BCUT2D eigenvalue weighted by Gasteiger charge is 2.43. The van der Waals surface area contributed by atoms with Crippen molar-refractivity contribution in [1.82, 2.24) is 0 Å². The van der Waals surface area contributed by atoms with Crippen LogP contribution in [0.4, 0.5) is 34.1 Å². The Kier molecular flexibility index (Phi) is 2.52. The van der Waals surface area contributed by atoms with Crippen LogP contribution in [0.3, 0.4) is 0 Å². The van der Waals surface area contributed by atoms with Gasteiger partial charge >= 0.3 is 0 Å². The van der Waals surface area contributed by atoms with E-state index in [1.165, 1.54) is 29.7 Å². The number of fused-ring (bicyclic) bond motifs is 4. The smallest absolute Gasteiger partial charge is 0.252 e. The van der Waals surface area contributed by atoms with Crippen molar-refractivity contribution in [1.29, 1.82) is 0 Å². The molecule has 3 heteroatoms. The molecule has 2 heterocycles. The summed E-state index contributed by atoms with van der Waals surface area (Å²) in [5.41, 5.74) is 0.588. The van der Waals surface area contributed by atoms with E-state index in [0.717, 1.165) is 0 Å². The molecule has 5 aromatic rings. The first-order chi connectivity index (χ1) is 24.3. The quantitative estimate of drug-likeness (QED) is 0.240. The average molecular weight is 492 g/mol. The van der Waals surface area contributed by atoms with Crippen molar-refractivity contribution in [3.63, 3.8) is 0 Å². The molecule has 7 rings (SSSR count). The van der Waals surface area contributed by atoms with Crippen molar-refractivity contribution in [3.05, 3.63) is 125 Å². The van der Waals surface area contributed by atoms with Crippen LogP contribution < -0.4 is 26.2 Å². The summed E-state index contributed by atoms with van der Waals surface area (Å²) in [7, 11) is 0. The third-order valence-corrected chi connectivity index (χ3v) is 6.64. The van der Waals surface area contributed by atoms with Gasteiger partial charge in [0.1, 0.15) is 0 Å². The topological polar surface area (TPSA) is 6.48 Å². The van der Waals surface area contributed by atoms with Gasteiger partial charge < -0.3 is 9.80 Å². The average Bonchev–Trinajstić information content (AvgIpc) is 3.11. The van der Waals surface area contributed by atoms with E-state index in [0.29, 0.717) is 11.0 Å². The zero-order valence-corrected chi connectivity index (χ0v) is 20.6. The first-order valence-electron chi connectivity index (χ1n) is 19.4. The second kappa shape index (κ2) is 8.14. The molecule has 0 unspecified atom stereocenters. The van der Waals surface area contributed by atoms with E-state index in [9.17, 15) is 5.48 Å². The van der Waals surface area contributed by atoms with Gasteiger partial charge in [0.05, 0.1) is 20.6 Å². The van der Waals surface area contributed by atoms with Crippen molar-refractivity contribution in [2.75, 3.05) is 9.80 Å². The maximum atomic E-state index is 9.50. The van der Waals surface area contributed by atoms with Gasteiger partial charge in [-0.3, -0.25) is 0 Å². The van der Waals surface area contributed by atoms with Gasteiger partial charge in [0.25, 0.3) is 6.71 Å². The van der Waals surface area contributed by atoms with Crippen LogP contribution in [-0.2, 0) is 0 Å². The zero-order chi connectivity index (χ0) is 38.3. The van der Waals surface area contributed by atoms with E-state index in [1.807, 2.05) is 0 Å². The van der Waals surface area contributed by atoms with Gasteiger partial charge in [-0.15, -0.1) is 0 Å². The van der Waals surface area contributed by atoms with Crippen LogP contribution in [0.5, 0.6) is 0 Å². The molecule has 0 aliphatic carbocycles. The Balaban J connectivity index is 1.80. The highest BCUT2D eigenvalue weighted by atomic mass is 15.2. The van der Waals surface area contributed by atoms with Gasteiger partial charge in [-0.1, -0.05) is 71.1 Å². The molecule has 0 spiro atoms. The molecule has 0 saturated heterocycles. The summed E-state index contributed by atoms with van der Waals surface area (Å²) in [6.07, 6.45) is 0. The summed E-state index contributed by atoms with van der Waals surface area (Å²) < 4.78 is 134. The lowest BCUT2D eigenvalue weighted by atomic mass is 9.33. The maximum Gasteiger partial charge on any atom is 0.252 e. The number of nitrogens with zero attached hydrogens (tertiary/aromatic N) is 2. The molecule has 0 atom stereocenters. The maximum absolute atomic E-state index is 9.50. The van der Waals surface area contributed by atoms with Crippen molar-refractivity contribution >= 4 is 57.2 Å². The molecule has 0 N–H and O–H groups in total. The molecule has 0 amide bonds. The summed E-state index contributed by atoms with van der Waals surface area (Å²) in [6.45, 7) is 5.02. The summed E-state index contributed by atoms with van der Waals surface area (Å²) in [6, 6.07) is -3.22. The predicted octanol–water partition coefficient (Wildman–Crippen LogP) is 7.00. The lowest BCUT2D eigenvalue weighted by Gasteiger charge is -2.44.